The zero-order valence-electron chi connectivity index (χ0n) is 7.95. The molecule has 0 amide bonds. The van der Waals surface area contributed by atoms with Gasteiger partial charge in [-0.05, 0) is 18.2 Å². The van der Waals surface area contributed by atoms with Crippen LogP contribution in [0.1, 0.15) is 12.0 Å². The zero-order chi connectivity index (χ0) is 10.8. The number of benzene rings is 1. The maximum atomic E-state index is 12.6. The van der Waals surface area contributed by atoms with E-state index in [1.165, 1.54) is 12.1 Å². The number of nitrogens with two attached hydrogens (primary N) is 1. The van der Waals surface area contributed by atoms with Crippen LogP contribution in [-0.4, -0.2) is 19.3 Å². The summed E-state index contributed by atoms with van der Waals surface area (Å²) in [7, 11) is 0. The van der Waals surface area contributed by atoms with Gasteiger partial charge in [0, 0.05) is 5.69 Å². The number of halogens is 2. The Bertz CT molecular complexity index is 353. The average Bonchev–Trinajstić information content (AvgIpc) is 2.12. The topological polar surface area (TPSA) is 44.5 Å². The average molecular weight is 215 g/mol. The molecule has 0 atom stereocenters. The van der Waals surface area contributed by atoms with Gasteiger partial charge >= 0.3 is 0 Å². The molecule has 15 heavy (non-hydrogen) atoms. The fraction of sp³-hybridized carbons (Fsp3) is 0.400. The number of nitrogen functional groups attached to an aromatic ring is 1. The minimum Gasteiger partial charge on any atom is -0.485 e. The molecule has 1 saturated heterocycles. The van der Waals surface area contributed by atoms with E-state index < -0.39 is 6.43 Å². The second-order valence-corrected chi connectivity index (χ2v) is 3.38. The normalized spacial score (nSPS) is 16.5. The molecule has 82 valence electrons. The Balaban J connectivity index is 2.20. The first-order chi connectivity index (χ1) is 7.16. The Morgan fingerprint density at radius 2 is 2.13 bits per heavy atom. The van der Waals surface area contributed by atoms with Crippen LogP contribution in [0.2, 0.25) is 0 Å². The van der Waals surface area contributed by atoms with Crippen LogP contribution in [-0.2, 0) is 4.74 Å². The van der Waals surface area contributed by atoms with Crippen molar-refractivity contribution in [1.82, 2.24) is 0 Å². The van der Waals surface area contributed by atoms with E-state index in [1.54, 1.807) is 6.07 Å². The van der Waals surface area contributed by atoms with Gasteiger partial charge in [0.2, 0.25) is 0 Å². The van der Waals surface area contributed by atoms with Crippen molar-refractivity contribution in [3.05, 3.63) is 23.8 Å². The summed E-state index contributed by atoms with van der Waals surface area (Å²) in [5, 5.41) is 0. The molecule has 0 saturated carbocycles. The van der Waals surface area contributed by atoms with Crippen LogP contribution < -0.4 is 10.5 Å². The fourth-order valence-electron chi connectivity index (χ4n) is 1.31. The highest BCUT2D eigenvalue weighted by atomic mass is 19.3. The van der Waals surface area contributed by atoms with Crippen molar-refractivity contribution in [3.63, 3.8) is 0 Å². The maximum Gasteiger partial charge on any atom is 0.267 e. The summed E-state index contributed by atoms with van der Waals surface area (Å²) >= 11 is 0. The molecule has 1 heterocycles. The summed E-state index contributed by atoms with van der Waals surface area (Å²) in [5.41, 5.74) is 5.57. The Morgan fingerprint density at radius 3 is 2.67 bits per heavy atom. The molecule has 1 aliphatic rings. The lowest BCUT2D eigenvalue weighted by Gasteiger charge is -2.27. The highest BCUT2D eigenvalue weighted by Crippen LogP contribution is 2.31. The lowest BCUT2D eigenvalue weighted by molar-refractivity contribution is -0.0807. The van der Waals surface area contributed by atoms with Gasteiger partial charge in [0.1, 0.15) is 11.9 Å². The standard InChI is InChI=1S/C10H11F2NO2/c11-10(12)8-3-6(13)1-2-9(8)15-7-4-14-5-7/h1-3,7,10H,4-5,13H2. The third-order valence-electron chi connectivity index (χ3n) is 2.17. The number of alkyl halides is 2. The Hall–Kier alpha value is -1.36. The summed E-state index contributed by atoms with van der Waals surface area (Å²) < 4.78 is 35.5. The number of ether oxygens (including phenoxy) is 2. The van der Waals surface area contributed by atoms with E-state index in [0.29, 0.717) is 18.9 Å². The van der Waals surface area contributed by atoms with Gasteiger partial charge < -0.3 is 15.2 Å². The lowest BCUT2D eigenvalue weighted by atomic mass is 10.2. The van der Waals surface area contributed by atoms with Crippen LogP contribution in [0.5, 0.6) is 5.75 Å². The van der Waals surface area contributed by atoms with Crippen molar-refractivity contribution < 1.29 is 18.3 Å². The number of anilines is 1. The Kier molecular flexibility index (Phi) is 2.73. The van der Waals surface area contributed by atoms with Crippen molar-refractivity contribution in [1.29, 1.82) is 0 Å². The van der Waals surface area contributed by atoms with Gasteiger partial charge in [0.15, 0.2) is 0 Å². The van der Waals surface area contributed by atoms with E-state index in [9.17, 15) is 8.78 Å². The second kappa shape index (κ2) is 4.02. The van der Waals surface area contributed by atoms with Crippen LogP contribution in [0.4, 0.5) is 14.5 Å². The molecule has 5 heteroatoms. The minimum absolute atomic E-state index is 0.119. The quantitative estimate of drug-likeness (QED) is 0.784. The lowest BCUT2D eigenvalue weighted by Crippen LogP contribution is -2.38. The molecule has 1 aliphatic heterocycles. The van der Waals surface area contributed by atoms with E-state index >= 15 is 0 Å². The maximum absolute atomic E-state index is 12.6. The molecule has 0 aliphatic carbocycles. The Morgan fingerprint density at radius 1 is 1.40 bits per heavy atom. The third kappa shape index (κ3) is 2.18. The molecule has 1 fully saturated rings. The summed E-state index contributed by atoms with van der Waals surface area (Å²) in [6, 6.07) is 4.25. The van der Waals surface area contributed by atoms with Gasteiger partial charge in [-0.25, -0.2) is 8.78 Å². The first-order valence-corrected chi connectivity index (χ1v) is 4.59. The van der Waals surface area contributed by atoms with E-state index in [2.05, 4.69) is 0 Å². The minimum atomic E-state index is -2.58. The van der Waals surface area contributed by atoms with E-state index in [0.717, 1.165) is 0 Å². The highest BCUT2D eigenvalue weighted by Gasteiger charge is 2.23. The van der Waals surface area contributed by atoms with Crippen LogP contribution in [0.25, 0.3) is 0 Å². The van der Waals surface area contributed by atoms with Gasteiger partial charge in [-0.1, -0.05) is 0 Å². The summed E-state index contributed by atoms with van der Waals surface area (Å²) in [6.07, 6.45) is -2.70. The predicted molar refractivity (Wildman–Crippen MR) is 51.0 cm³/mol. The van der Waals surface area contributed by atoms with Crippen LogP contribution in [0, 0.1) is 0 Å². The smallest absolute Gasteiger partial charge is 0.267 e. The van der Waals surface area contributed by atoms with Crippen LogP contribution in [0.3, 0.4) is 0 Å². The summed E-state index contributed by atoms with van der Waals surface area (Å²) in [5.74, 6) is 0.188. The molecule has 2 N–H and O–H groups in total. The molecular formula is C10H11F2NO2. The molecule has 0 spiro atoms. The van der Waals surface area contributed by atoms with Gasteiger partial charge in [-0.15, -0.1) is 0 Å². The first-order valence-electron chi connectivity index (χ1n) is 4.59. The fourth-order valence-corrected chi connectivity index (χ4v) is 1.31. The first kappa shape index (κ1) is 10.2. The SMILES string of the molecule is Nc1ccc(OC2COC2)c(C(F)F)c1. The van der Waals surface area contributed by atoms with E-state index in [4.69, 9.17) is 15.2 Å². The molecule has 1 aromatic rings. The zero-order valence-corrected chi connectivity index (χ0v) is 7.95. The molecule has 2 rings (SSSR count). The van der Waals surface area contributed by atoms with Crippen LogP contribution >= 0.6 is 0 Å². The van der Waals surface area contributed by atoms with Crippen molar-refractivity contribution in [2.45, 2.75) is 12.5 Å². The van der Waals surface area contributed by atoms with Gasteiger partial charge in [0.05, 0.1) is 18.8 Å². The number of hydrogen-bond acceptors (Lipinski definition) is 3. The summed E-state index contributed by atoms with van der Waals surface area (Å²) in [4.78, 5) is 0. The molecule has 3 nitrogen and oxygen atoms in total. The van der Waals surface area contributed by atoms with Crippen molar-refractivity contribution in [3.8, 4) is 5.75 Å². The van der Waals surface area contributed by atoms with Crippen molar-refractivity contribution in [2.24, 2.45) is 0 Å². The monoisotopic (exact) mass is 215 g/mol. The second-order valence-electron chi connectivity index (χ2n) is 3.38. The molecule has 1 aromatic carbocycles. The van der Waals surface area contributed by atoms with Crippen molar-refractivity contribution >= 4 is 5.69 Å². The molecule has 0 bridgehead atoms. The van der Waals surface area contributed by atoms with E-state index in [-0.39, 0.29) is 17.4 Å². The largest absolute Gasteiger partial charge is 0.485 e. The molecule has 0 unspecified atom stereocenters. The number of rotatable bonds is 3. The Labute approximate surface area is 85.8 Å². The molecule has 0 aromatic heterocycles. The van der Waals surface area contributed by atoms with Gasteiger partial charge in [-0.3, -0.25) is 0 Å². The highest BCUT2D eigenvalue weighted by molar-refractivity contribution is 5.48. The predicted octanol–water partition coefficient (Wildman–Crippen LogP) is 1.98. The van der Waals surface area contributed by atoms with Crippen molar-refractivity contribution in [2.75, 3.05) is 18.9 Å². The molecule has 0 radical (unpaired) electrons. The van der Waals surface area contributed by atoms with Crippen LogP contribution in [0.15, 0.2) is 18.2 Å². The van der Waals surface area contributed by atoms with E-state index in [1.807, 2.05) is 0 Å². The number of hydrogen-bond donors (Lipinski definition) is 1. The third-order valence-corrected chi connectivity index (χ3v) is 2.17. The summed E-state index contributed by atoms with van der Waals surface area (Å²) in [6.45, 7) is 0.903. The van der Waals surface area contributed by atoms with Gasteiger partial charge in [-0.2, -0.15) is 0 Å². The molecular weight excluding hydrogens is 204 g/mol. The van der Waals surface area contributed by atoms with Gasteiger partial charge in [0.25, 0.3) is 6.43 Å².